The Morgan fingerprint density at radius 1 is 1.03 bits per heavy atom. The van der Waals surface area contributed by atoms with Gasteiger partial charge in [0.05, 0.1) is 28.9 Å². The molecule has 0 amide bonds. The monoisotopic (exact) mass is 508 g/mol. The maximum atomic E-state index is 11.5. The first-order valence-corrected chi connectivity index (χ1v) is 10.1. The first-order valence-electron chi connectivity index (χ1n) is 8.98. The van der Waals surface area contributed by atoms with Crippen LogP contribution in [0.2, 0.25) is 0 Å². The van der Waals surface area contributed by atoms with E-state index in [-0.39, 0.29) is 5.69 Å². The second-order valence-electron chi connectivity index (χ2n) is 5.80. The fraction of sp³-hybridized carbons (Fsp3) is 0.278. The first kappa shape index (κ1) is 20.8. The third-order valence-electron chi connectivity index (χ3n) is 3.97. The van der Waals surface area contributed by atoms with Crippen molar-refractivity contribution in [2.75, 3.05) is 30.8 Å². The summed E-state index contributed by atoms with van der Waals surface area (Å²) in [6.07, 6.45) is 3.41. The molecule has 0 bridgehead atoms. The van der Waals surface area contributed by atoms with Crippen LogP contribution >= 0.6 is 22.6 Å². The van der Waals surface area contributed by atoms with Gasteiger partial charge in [0.25, 0.3) is 0 Å². The third kappa shape index (κ3) is 4.39. The molecule has 0 aliphatic heterocycles. The van der Waals surface area contributed by atoms with E-state index in [1.54, 1.807) is 18.5 Å². The molecule has 0 fully saturated rings. The van der Waals surface area contributed by atoms with Crippen molar-refractivity contribution in [2.45, 2.75) is 13.8 Å². The van der Waals surface area contributed by atoms with Crippen LogP contribution in [0.15, 0.2) is 24.5 Å². The number of methoxy groups -OCH3 is 1. The number of carbonyl (C=O) groups is 1. The zero-order valence-electron chi connectivity index (χ0n) is 16.2. The molecule has 152 valence electrons. The highest BCUT2D eigenvalue weighted by atomic mass is 127. The Hall–Kier alpha value is -2.96. The van der Waals surface area contributed by atoms with Gasteiger partial charge in [-0.05, 0) is 48.6 Å². The quantitative estimate of drug-likeness (QED) is 0.239. The zero-order chi connectivity index (χ0) is 20.8. The Morgan fingerprint density at radius 2 is 1.69 bits per heavy atom. The van der Waals surface area contributed by atoms with Gasteiger partial charge < -0.3 is 15.4 Å². The van der Waals surface area contributed by atoms with Crippen LogP contribution in [-0.2, 0) is 4.74 Å². The Labute approximate surface area is 180 Å². The number of fused-ring (bicyclic) bond motifs is 2. The van der Waals surface area contributed by atoms with E-state index in [9.17, 15) is 4.79 Å². The van der Waals surface area contributed by atoms with Crippen LogP contribution < -0.4 is 10.6 Å². The summed E-state index contributed by atoms with van der Waals surface area (Å²) in [6.45, 7) is 5.59. The summed E-state index contributed by atoms with van der Waals surface area (Å²) < 4.78 is 5.68. The lowest BCUT2D eigenvalue weighted by Gasteiger charge is -2.03. The molecule has 0 saturated heterocycles. The molecule has 29 heavy (non-hydrogen) atoms. The number of rotatable bonds is 5. The normalized spacial score (nSPS) is 10.5. The molecule has 4 heterocycles. The number of nitrogens with one attached hydrogen (secondary N) is 4. The van der Waals surface area contributed by atoms with Crippen molar-refractivity contribution in [1.82, 2.24) is 30.4 Å². The van der Waals surface area contributed by atoms with E-state index in [0.29, 0.717) is 11.2 Å². The maximum Gasteiger partial charge on any atom is 0.359 e. The minimum absolute atomic E-state index is 0.251. The minimum atomic E-state index is -0.474. The molecule has 4 N–H and O–H groups in total. The van der Waals surface area contributed by atoms with E-state index in [0.717, 1.165) is 39.0 Å². The fourth-order valence-electron chi connectivity index (χ4n) is 2.74. The van der Waals surface area contributed by atoms with Crippen molar-refractivity contribution in [2.24, 2.45) is 0 Å². The maximum absolute atomic E-state index is 11.5. The molecule has 0 aliphatic rings. The summed E-state index contributed by atoms with van der Waals surface area (Å²) in [7, 11) is 1.33. The topological polar surface area (TPSA) is 134 Å². The summed E-state index contributed by atoms with van der Waals surface area (Å²) in [6, 6.07) is 3.66. The average Bonchev–Trinajstić information content (AvgIpc) is 3.34. The van der Waals surface area contributed by atoms with Gasteiger partial charge in [-0.2, -0.15) is 10.2 Å². The molecule has 0 atom stereocenters. The molecule has 11 heteroatoms. The third-order valence-corrected chi connectivity index (χ3v) is 4.75. The van der Waals surface area contributed by atoms with Gasteiger partial charge in [0.2, 0.25) is 0 Å². The van der Waals surface area contributed by atoms with Gasteiger partial charge >= 0.3 is 5.97 Å². The van der Waals surface area contributed by atoms with Crippen LogP contribution in [0.4, 0.5) is 11.6 Å². The van der Waals surface area contributed by atoms with Gasteiger partial charge in [0.1, 0.15) is 15.3 Å². The van der Waals surface area contributed by atoms with E-state index in [2.05, 4.69) is 68.3 Å². The predicted molar refractivity (Wildman–Crippen MR) is 120 cm³/mol. The zero-order valence-corrected chi connectivity index (χ0v) is 18.4. The largest absolute Gasteiger partial charge is 0.464 e. The van der Waals surface area contributed by atoms with Crippen molar-refractivity contribution >= 4 is 62.0 Å². The summed E-state index contributed by atoms with van der Waals surface area (Å²) in [5.74, 6) is 1.06. The van der Waals surface area contributed by atoms with Crippen LogP contribution in [0.1, 0.15) is 24.3 Å². The molecular formula is C18H21IN8O2. The van der Waals surface area contributed by atoms with Crippen LogP contribution in [-0.4, -0.2) is 56.5 Å². The number of hydrogen-bond acceptors (Lipinski definition) is 8. The van der Waals surface area contributed by atoms with Crippen LogP contribution in [0, 0.1) is 3.70 Å². The van der Waals surface area contributed by atoms with E-state index >= 15 is 0 Å². The van der Waals surface area contributed by atoms with Crippen molar-refractivity contribution in [3.8, 4) is 0 Å². The van der Waals surface area contributed by atoms with E-state index in [4.69, 9.17) is 0 Å². The summed E-state index contributed by atoms with van der Waals surface area (Å²) in [4.78, 5) is 19.9. The minimum Gasteiger partial charge on any atom is -0.464 e. The molecule has 4 rings (SSSR count). The number of carbonyl (C=O) groups excluding carboxylic acids is 1. The Bertz CT molecular complexity index is 1120. The van der Waals surface area contributed by atoms with Crippen LogP contribution in [0.25, 0.3) is 21.8 Å². The lowest BCUT2D eigenvalue weighted by Crippen LogP contribution is -2.05. The Balaban J connectivity index is 0.000000169. The van der Waals surface area contributed by atoms with Gasteiger partial charge in [0.15, 0.2) is 5.69 Å². The number of aromatic nitrogens is 6. The smallest absolute Gasteiger partial charge is 0.359 e. The van der Waals surface area contributed by atoms with Gasteiger partial charge in [-0.25, -0.2) is 14.8 Å². The van der Waals surface area contributed by atoms with Crippen molar-refractivity contribution in [3.05, 3.63) is 33.9 Å². The highest BCUT2D eigenvalue weighted by Crippen LogP contribution is 2.24. The number of ether oxygens (including phenoxy) is 1. The predicted octanol–water partition coefficient (Wildman–Crippen LogP) is 3.17. The molecule has 0 aromatic carbocycles. The van der Waals surface area contributed by atoms with Gasteiger partial charge in [-0.3, -0.25) is 10.2 Å². The number of aromatic amines is 2. The number of halogens is 1. The Morgan fingerprint density at radius 3 is 2.34 bits per heavy atom. The second kappa shape index (κ2) is 9.49. The number of anilines is 2. The summed E-state index contributed by atoms with van der Waals surface area (Å²) >= 11 is 2.22. The van der Waals surface area contributed by atoms with Crippen LogP contribution in [0.5, 0.6) is 0 Å². The number of esters is 1. The molecule has 4 aromatic heterocycles. The van der Waals surface area contributed by atoms with Gasteiger partial charge in [-0.15, -0.1) is 0 Å². The fourth-order valence-corrected chi connectivity index (χ4v) is 3.39. The van der Waals surface area contributed by atoms with E-state index in [1.807, 2.05) is 19.9 Å². The molecule has 10 nitrogen and oxygen atoms in total. The number of nitrogens with zero attached hydrogens (tertiary/aromatic N) is 4. The van der Waals surface area contributed by atoms with Crippen molar-refractivity contribution < 1.29 is 9.53 Å². The molecule has 0 radical (unpaired) electrons. The van der Waals surface area contributed by atoms with Gasteiger partial charge in [-0.1, -0.05) is 0 Å². The first-order chi connectivity index (χ1) is 14.1. The van der Waals surface area contributed by atoms with Crippen LogP contribution in [0.3, 0.4) is 0 Å². The lowest BCUT2D eigenvalue weighted by atomic mass is 10.2. The van der Waals surface area contributed by atoms with E-state index < -0.39 is 5.97 Å². The van der Waals surface area contributed by atoms with Gasteiger partial charge in [0, 0.05) is 25.5 Å². The molecule has 4 aromatic rings. The highest BCUT2D eigenvalue weighted by molar-refractivity contribution is 14.1. The lowest BCUT2D eigenvalue weighted by molar-refractivity contribution is 0.0596. The second-order valence-corrected chi connectivity index (χ2v) is 6.88. The number of H-pyrrole nitrogens is 2. The number of pyridine rings is 2. The molecule has 0 unspecified atom stereocenters. The molecule has 0 spiro atoms. The molecule has 0 aliphatic carbocycles. The van der Waals surface area contributed by atoms with E-state index in [1.165, 1.54) is 7.11 Å². The van der Waals surface area contributed by atoms with Crippen molar-refractivity contribution in [1.29, 1.82) is 0 Å². The van der Waals surface area contributed by atoms with Crippen molar-refractivity contribution in [3.63, 3.8) is 0 Å². The molecular weight excluding hydrogens is 487 g/mol. The molecule has 0 saturated carbocycles. The average molecular weight is 508 g/mol. The highest BCUT2D eigenvalue weighted by Gasteiger charge is 2.17. The number of hydrogen-bond donors (Lipinski definition) is 4. The Kier molecular flexibility index (Phi) is 6.80. The summed E-state index contributed by atoms with van der Waals surface area (Å²) in [5.41, 5.74) is 1.96. The SMILES string of the molecule is CCNc1nccc2[nH]nc(C(=O)OC)c12.CCNc1nccc2n[nH]c(I)c12. The standard InChI is InChI=1S/C10H12N4O2.C8H9IN4/c1-3-11-9-7-6(4-5-12-9)13-14-8(7)10(15)16-2;1-2-10-8-6-5(3-4-11-8)12-13-7(6)9/h4-5H,3H2,1-2H3,(H,11,12)(H,13,14);3-4H,2H2,1H3,(H,10,11)(H,12,13). The summed E-state index contributed by atoms with van der Waals surface area (Å²) in [5, 5.41) is 21.8.